The van der Waals surface area contributed by atoms with Crippen molar-refractivity contribution in [3.05, 3.63) is 59.9 Å². The van der Waals surface area contributed by atoms with E-state index in [1.54, 1.807) is 25.2 Å². The van der Waals surface area contributed by atoms with Gasteiger partial charge < -0.3 is 25.4 Å². The lowest BCUT2D eigenvalue weighted by Crippen LogP contribution is -2.40. The van der Waals surface area contributed by atoms with Crippen molar-refractivity contribution < 1.29 is 18.7 Å². The van der Waals surface area contributed by atoms with Crippen molar-refractivity contribution >= 4 is 11.9 Å². The predicted octanol–water partition coefficient (Wildman–Crippen LogP) is 1.78. The Morgan fingerprint density at radius 3 is 2.61 bits per heavy atom. The Balaban J connectivity index is 1.80. The lowest BCUT2D eigenvalue weighted by atomic mass is 10.2. The number of hydrogen-bond donors (Lipinski definition) is 2. The first-order valence-corrected chi connectivity index (χ1v) is 8.78. The minimum absolute atomic E-state index is 0.157. The largest absolute Gasteiger partial charge is 0.492 e. The molecule has 2 aromatic carbocycles. The normalized spacial score (nSPS) is 11.0. The van der Waals surface area contributed by atoms with E-state index in [1.807, 2.05) is 30.1 Å². The van der Waals surface area contributed by atoms with E-state index in [-0.39, 0.29) is 12.4 Å². The first-order valence-electron chi connectivity index (χ1n) is 8.78. The van der Waals surface area contributed by atoms with Gasteiger partial charge in [0.15, 0.2) is 12.6 Å². The summed E-state index contributed by atoms with van der Waals surface area (Å²) >= 11 is 0. The molecule has 7 nitrogen and oxygen atoms in total. The molecule has 0 bridgehead atoms. The molecule has 1 amide bonds. The van der Waals surface area contributed by atoms with Crippen LogP contribution in [0.25, 0.3) is 0 Å². The number of nitrogens with one attached hydrogen (secondary N) is 1. The molecule has 0 unspecified atom stereocenters. The molecule has 0 aliphatic heterocycles. The quantitative estimate of drug-likeness (QED) is 0.505. The minimum Gasteiger partial charge on any atom is -0.492 e. The lowest BCUT2D eigenvalue weighted by molar-refractivity contribution is -0.119. The monoisotopic (exact) mass is 388 g/mol. The fourth-order valence-corrected chi connectivity index (χ4v) is 2.40. The number of likely N-dealkylation sites (N-methyl/N-ethyl adjacent to an activating group) is 1. The number of halogens is 1. The molecule has 0 aromatic heterocycles. The summed E-state index contributed by atoms with van der Waals surface area (Å²) in [6.07, 6.45) is 0. The second kappa shape index (κ2) is 10.8. The summed E-state index contributed by atoms with van der Waals surface area (Å²) < 4.78 is 23.8. The molecule has 0 atom stereocenters. The highest BCUT2D eigenvalue weighted by Crippen LogP contribution is 2.13. The Labute approximate surface area is 164 Å². The van der Waals surface area contributed by atoms with Crippen molar-refractivity contribution in [3.63, 3.8) is 0 Å². The van der Waals surface area contributed by atoms with Crippen LogP contribution in [0.1, 0.15) is 5.56 Å². The van der Waals surface area contributed by atoms with Crippen LogP contribution < -0.4 is 20.5 Å². The molecule has 3 N–H and O–H groups in total. The predicted molar refractivity (Wildman–Crippen MR) is 106 cm³/mol. The summed E-state index contributed by atoms with van der Waals surface area (Å²) in [5.74, 6) is 1.08. The maximum Gasteiger partial charge on any atom is 0.255 e. The van der Waals surface area contributed by atoms with Crippen LogP contribution in [0.15, 0.2) is 53.5 Å². The smallest absolute Gasteiger partial charge is 0.255 e. The Bertz CT molecular complexity index is 796. The Kier molecular flexibility index (Phi) is 8.08. The number of hydrogen-bond acceptors (Lipinski definition) is 4. The zero-order valence-electron chi connectivity index (χ0n) is 16.0. The van der Waals surface area contributed by atoms with E-state index in [0.29, 0.717) is 37.2 Å². The van der Waals surface area contributed by atoms with Crippen molar-refractivity contribution in [1.29, 1.82) is 0 Å². The molecule has 2 aromatic rings. The van der Waals surface area contributed by atoms with Crippen LogP contribution in [-0.2, 0) is 11.3 Å². The van der Waals surface area contributed by atoms with Gasteiger partial charge in [0, 0.05) is 20.6 Å². The highest BCUT2D eigenvalue weighted by Gasteiger charge is 2.07. The van der Waals surface area contributed by atoms with Crippen molar-refractivity contribution in [1.82, 2.24) is 10.2 Å². The van der Waals surface area contributed by atoms with Gasteiger partial charge in [-0.2, -0.15) is 0 Å². The van der Waals surface area contributed by atoms with Gasteiger partial charge >= 0.3 is 0 Å². The van der Waals surface area contributed by atoms with Gasteiger partial charge in [0.05, 0.1) is 6.54 Å². The van der Waals surface area contributed by atoms with Crippen LogP contribution in [-0.4, -0.2) is 50.6 Å². The van der Waals surface area contributed by atoms with E-state index in [9.17, 15) is 9.18 Å². The fraction of sp³-hybridized carbons (Fsp3) is 0.300. The van der Waals surface area contributed by atoms with Crippen molar-refractivity contribution in [3.8, 4) is 11.5 Å². The molecule has 150 valence electrons. The van der Waals surface area contributed by atoms with E-state index in [4.69, 9.17) is 15.2 Å². The number of aliphatic imine (C=N–C) groups is 1. The van der Waals surface area contributed by atoms with Crippen LogP contribution in [0.4, 0.5) is 4.39 Å². The van der Waals surface area contributed by atoms with Crippen LogP contribution in [0, 0.1) is 5.82 Å². The number of guanidine groups is 1. The number of carbonyl (C=O) groups excluding carboxylic acids is 1. The summed E-state index contributed by atoms with van der Waals surface area (Å²) in [7, 11) is 3.60. The summed E-state index contributed by atoms with van der Waals surface area (Å²) in [4.78, 5) is 17.0. The minimum atomic E-state index is -0.520. The molecule has 0 aliphatic rings. The maximum absolute atomic E-state index is 12.9. The number of nitrogens with two attached hydrogens (primary N) is 1. The average Bonchev–Trinajstić information content (AvgIpc) is 2.69. The maximum atomic E-state index is 12.9. The average molecular weight is 388 g/mol. The van der Waals surface area contributed by atoms with Crippen LogP contribution >= 0.6 is 0 Å². The van der Waals surface area contributed by atoms with E-state index < -0.39 is 5.91 Å². The molecule has 8 heteroatoms. The molecular formula is C20H25FN4O3. The summed E-state index contributed by atoms with van der Waals surface area (Å²) in [6, 6.07) is 13.3. The number of primary amides is 1. The summed E-state index contributed by atoms with van der Waals surface area (Å²) in [6.45, 7) is 1.40. The number of nitrogens with zero attached hydrogens (tertiary/aromatic N) is 2. The molecule has 0 radical (unpaired) electrons. The van der Waals surface area contributed by atoms with Crippen molar-refractivity contribution in [2.24, 2.45) is 10.7 Å². The van der Waals surface area contributed by atoms with Gasteiger partial charge in [-0.05, 0) is 42.0 Å². The van der Waals surface area contributed by atoms with Gasteiger partial charge in [-0.15, -0.1) is 0 Å². The third-order valence-electron chi connectivity index (χ3n) is 3.81. The molecule has 0 spiro atoms. The number of benzene rings is 2. The van der Waals surface area contributed by atoms with Gasteiger partial charge in [-0.1, -0.05) is 12.1 Å². The number of amides is 1. The molecule has 0 saturated heterocycles. The van der Waals surface area contributed by atoms with E-state index in [2.05, 4.69) is 10.3 Å². The van der Waals surface area contributed by atoms with Gasteiger partial charge in [-0.3, -0.25) is 9.79 Å². The fourth-order valence-electron chi connectivity index (χ4n) is 2.40. The highest BCUT2D eigenvalue weighted by atomic mass is 19.1. The molecule has 0 fully saturated rings. The molecule has 28 heavy (non-hydrogen) atoms. The second-order valence-electron chi connectivity index (χ2n) is 6.03. The third kappa shape index (κ3) is 7.14. The van der Waals surface area contributed by atoms with Gasteiger partial charge in [-0.25, -0.2) is 4.39 Å². The third-order valence-corrected chi connectivity index (χ3v) is 3.81. The van der Waals surface area contributed by atoms with Crippen molar-refractivity contribution in [2.45, 2.75) is 6.54 Å². The Morgan fingerprint density at radius 1 is 1.18 bits per heavy atom. The van der Waals surface area contributed by atoms with E-state index in [0.717, 1.165) is 5.56 Å². The summed E-state index contributed by atoms with van der Waals surface area (Å²) in [5, 5.41) is 3.26. The van der Waals surface area contributed by atoms with E-state index >= 15 is 0 Å². The van der Waals surface area contributed by atoms with Crippen LogP contribution in [0.3, 0.4) is 0 Å². The second-order valence-corrected chi connectivity index (χ2v) is 6.03. The molecule has 0 saturated carbocycles. The first kappa shape index (κ1) is 21.0. The summed E-state index contributed by atoms with van der Waals surface area (Å²) in [5.41, 5.74) is 6.06. The Morgan fingerprint density at radius 2 is 1.93 bits per heavy atom. The van der Waals surface area contributed by atoms with Gasteiger partial charge in [0.25, 0.3) is 5.91 Å². The number of rotatable bonds is 9. The molecule has 2 rings (SSSR count). The van der Waals surface area contributed by atoms with Gasteiger partial charge in [0.1, 0.15) is 23.9 Å². The van der Waals surface area contributed by atoms with Crippen molar-refractivity contribution in [2.75, 3.05) is 33.9 Å². The number of carbonyl (C=O) groups is 1. The Hall–Kier alpha value is -3.29. The topological polar surface area (TPSA) is 89.2 Å². The van der Waals surface area contributed by atoms with Gasteiger partial charge in [0.2, 0.25) is 0 Å². The first-order chi connectivity index (χ1) is 13.5. The molecule has 0 aliphatic carbocycles. The van der Waals surface area contributed by atoms with Crippen LogP contribution in [0.2, 0.25) is 0 Å². The zero-order chi connectivity index (χ0) is 20.4. The molecule has 0 heterocycles. The standard InChI is InChI=1S/C20H25FN4O3/c1-23-20(25(2)10-11-27-17-8-6-16(21)7-9-17)24-13-15-4-3-5-18(12-15)28-14-19(22)26/h3-9,12H,10-11,13-14H2,1-2H3,(H2,22,26)(H,23,24). The molecular weight excluding hydrogens is 363 g/mol. The number of ether oxygens (including phenoxy) is 2. The van der Waals surface area contributed by atoms with E-state index in [1.165, 1.54) is 12.1 Å². The van der Waals surface area contributed by atoms with Crippen LogP contribution in [0.5, 0.6) is 11.5 Å². The highest BCUT2D eigenvalue weighted by molar-refractivity contribution is 5.79. The SMILES string of the molecule is CN=C(NCc1cccc(OCC(N)=O)c1)N(C)CCOc1ccc(F)cc1. The lowest BCUT2D eigenvalue weighted by Gasteiger charge is -2.22. The zero-order valence-corrected chi connectivity index (χ0v) is 16.0.